The van der Waals surface area contributed by atoms with Gasteiger partial charge in [-0.1, -0.05) is 18.2 Å². The number of hydrogen-bond acceptors (Lipinski definition) is 2. The molecule has 5 rings (SSSR count). The lowest BCUT2D eigenvalue weighted by atomic mass is 9.96. The molecule has 0 radical (unpaired) electrons. The Morgan fingerprint density at radius 3 is 2.22 bits per heavy atom. The zero-order chi connectivity index (χ0) is 26.0. The van der Waals surface area contributed by atoms with Gasteiger partial charge in [0.15, 0.2) is 0 Å². The van der Waals surface area contributed by atoms with Crippen LogP contribution in [-0.2, 0) is 22.7 Å². The van der Waals surface area contributed by atoms with Crippen LogP contribution < -0.4 is 4.72 Å². The van der Waals surface area contributed by atoms with Crippen molar-refractivity contribution in [2.24, 2.45) is 5.92 Å². The first kappa shape index (κ1) is 25.1. The first-order valence-electron chi connectivity index (χ1n) is 11.3. The van der Waals surface area contributed by atoms with E-state index in [0.717, 1.165) is 49.4 Å². The maximum atomic E-state index is 15.3. The summed E-state index contributed by atoms with van der Waals surface area (Å²) in [5.74, 6) is -0.979. The highest BCUT2D eigenvalue weighted by molar-refractivity contribution is 7.90. The second-order valence-electron chi connectivity index (χ2n) is 9.41. The maximum absolute atomic E-state index is 15.3. The molecule has 4 nitrogen and oxygen atoms in total. The van der Waals surface area contributed by atoms with Crippen LogP contribution in [0.3, 0.4) is 0 Å². The van der Waals surface area contributed by atoms with E-state index in [-0.39, 0.29) is 36.2 Å². The molecule has 2 aliphatic rings. The van der Waals surface area contributed by atoms with E-state index in [1.807, 2.05) is 0 Å². The quantitative estimate of drug-likeness (QED) is 0.349. The van der Waals surface area contributed by atoms with Crippen LogP contribution in [0.25, 0.3) is 22.0 Å². The average molecular weight is 534 g/mol. The molecule has 0 saturated heterocycles. The number of halogens is 7. The predicted octanol–water partition coefficient (Wildman–Crippen LogP) is 6.56. The Morgan fingerprint density at radius 1 is 0.972 bits per heavy atom. The van der Waals surface area contributed by atoms with Gasteiger partial charge in [-0.3, -0.25) is 0 Å². The monoisotopic (exact) mass is 534 g/mol. The summed E-state index contributed by atoms with van der Waals surface area (Å²) < 4.78 is 126. The van der Waals surface area contributed by atoms with Crippen molar-refractivity contribution >= 4 is 20.9 Å². The standard InChI is InChI=1S/C24H21F7N2O2S/c25-20-9-17-18(22(24(29,30)31)32-36(34,35)14-7-8-14)12-33(11-13-5-6-13)21(17)10-16(20)15-3-1-2-4-19(15)23(26,27)28/h1-4,9-10,12-14,22,32H,5-8,11H2. The lowest BCUT2D eigenvalue weighted by Crippen LogP contribution is -2.39. The van der Waals surface area contributed by atoms with Crippen LogP contribution in [0.4, 0.5) is 30.7 Å². The van der Waals surface area contributed by atoms with Gasteiger partial charge in [0.25, 0.3) is 0 Å². The summed E-state index contributed by atoms with van der Waals surface area (Å²) in [7, 11) is -4.27. The van der Waals surface area contributed by atoms with Crippen LogP contribution >= 0.6 is 0 Å². The van der Waals surface area contributed by atoms with E-state index in [0.29, 0.717) is 0 Å². The molecular weight excluding hydrogens is 513 g/mol. The molecule has 1 unspecified atom stereocenters. The zero-order valence-electron chi connectivity index (χ0n) is 18.6. The first-order chi connectivity index (χ1) is 16.8. The highest BCUT2D eigenvalue weighted by atomic mass is 32.2. The van der Waals surface area contributed by atoms with Crippen molar-refractivity contribution in [3.8, 4) is 11.1 Å². The molecular formula is C24H21F7N2O2S. The van der Waals surface area contributed by atoms with Crippen molar-refractivity contribution in [1.29, 1.82) is 0 Å². The van der Waals surface area contributed by atoms with Crippen molar-refractivity contribution in [3.05, 3.63) is 59.5 Å². The van der Waals surface area contributed by atoms with Gasteiger partial charge in [0, 0.05) is 34.8 Å². The molecule has 194 valence electrons. The van der Waals surface area contributed by atoms with Crippen LogP contribution in [0, 0.1) is 11.7 Å². The molecule has 1 aromatic heterocycles. The normalized spacial score (nSPS) is 18.1. The number of benzene rings is 2. The minimum atomic E-state index is -5.03. The van der Waals surface area contributed by atoms with E-state index in [1.165, 1.54) is 10.6 Å². The van der Waals surface area contributed by atoms with Crippen LogP contribution in [0.1, 0.15) is 42.9 Å². The number of nitrogens with one attached hydrogen (secondary N) is 1. The van der Waals surface area contributed by atoms with Gasteiger partial charge in [-0.05, 0) is 55.4 Å². The van der Waals surface area contributed by atoms with Gasteiger partial charge in [-0.25, -0.2) is 12.8 Å². The molecule has 2 aromatic carbocycles. The predicted molar refractivity (Wildman–Crippen MR) is 119 cm³/mol. The number of aromatic nitrogens is 1. The van der Waals surface area contributed by atoms with Gasteiger partial charge in [-0.15, -0.1) is 0 Å². The Labute approximate surface area is 202 Å². The van der Waals surface area contributed by atoms with Crippen LogP contribution in [-0.4, -0.2) is 24.4 Å². The number of rotatable bonds is 7. The van der Waals surface area contributed by atoms with E-state index in [9.17, 15) is 34.8 Å². The lowest BCUT2D eigenvalue weighted by Gasteiger charge is -2.21. The first-order valence-corrected chi connectivity index (χ1v) is 12.9. The van der Waals surface area contributed by atoms with Crippen LogP contribution in [0.5, 0.6) is 0 Å². The number of sulfonamides is 1. The van der Waals surface area contributed by atoms with Gasteiger partial charge in [0.2, 0.25) is 10.0 Å². The largest absolute Gasteiger partial charge is 0.417 e. The molecule has 36 heavy (non-hydrogen) atoms. The van der Waals surface area contributed by atoms with Crippen molar-refractivity contribution in [1.82, 2.24) is 9.29 Å². The van der Waals surface area contributed by atoms with Crippen molar-refractivity contribution < 1.29 is 39.2 Å². The Morgan fingerprint density at radius 2 is 1.64 bits per heavy atom. The van der Waals surface area contributed by atoms with Gasteiger partial charge < -0.3 is 4.57 Å². The second-order valence-corrected chi connectivity index (χ2v) is 11.4. The third-order valence-corrected chi connectivity index (χ3v) is 8.47. The Bertz CT molecular complexity index is 1420. The molecule has 2 saturated carbocycles. The summed E-state index contributed by atoms with van der Waals surface area (Å²) in [6, 6.07) is 3.64. The summed E-state index contributed by atoms with van der Waals surface area (Å²) in [4.78, 5) is 0. The number of hydrogen-bond donors (Lipinski definition) is 1. The second kappa shape index (κ2) is 8.47. The molecule has 12 heteroatoms. The van der Waals surface area contributed by atoms with Gasteiger partial charge in [0.05, 0.1) is 10.8 Å². The summed E-state index contributed by atoms with van der Waals surface area (Å²) in [6.45, 7) is 0.280. The molecule has 1 N–H and O–H groups in total. The van der Waals surface area contributed by atoms with Crippen molar-refractivity contribution in [3.63, 3.8) is 0 Å². The van der Waals surface area contributed by atoms with Gasteiger partial charge >= 0.3 is 12.4 Å². The highest BCUT2D eigenvalue weighted by Gasteiger charge is 2.48. The van der Waals surface area contributed by atoms with E-state index >= 15 is 4.39 Å². The fraction of sp³-hybridized carbons (Fsp3) is 0.417. The fourth-order valence-corrected chi connectivity index (χ4v) is 5.95. The molecule has 2 aliphatic carbocycles. The van der Waals surface area contributed by atoms with E-state index in [4.69, 9.17) is 0 Å². The number of fused-ring (bicyclic) bond motifs is 1. The van der Waals surface area contributed by atoms with Gasteiger partial charge in [-0.2, -0.15) is 31.1 Å². The zero-order valence-corrected chi connectivity index (χ0v) is 19.4. The highest BCUT2D eigenvalue weighted by Crippen LogP contribution is 2.44. The molecule has 0 amide bonds. The van der Waals surface area contributed by atoms with E-state index in [2.05, 4.69) is 0 Å². The summed E-state index contributed by atoms with van der Waals surface area (Å²) >= 11 is 0. The average Bonchev–Trinajstić information content (AvgIpc) is 3.68. The minimum absolute atomic E-state index is 0.102. The molecule has 1 heterocycles. The smallest absolute Gasteiger partial charge is 0.347 e. The van der Waals surface area contributed by atoms with Crippen LogP contribution in [0.15, 0.2) is 42.6 Å². The third kappa shape index (κ3) is 4.84. The number of nitrogens with zero attached hydrogens (tertiary/aromatic N) is 1. The molecule has 1 atom stereocenters. The van der Waals surface area contributed by atoms with Crippen molar-refractivity contribution in [2.75, 3.05) is 0 Å². The van der Waals surface area contributed by atoms with Crippen molar-refractivity contribution in [2.45, 2.75) is 55.9 Å². The fourth-order valence-electron chi connectivity index (χ4n) is 4.41. The Hall–Kier alpha value is -2.60. The SMILES string of the molecule is O=S(=O)(NC(c1cn(CC2CC2)c2cc(-c3ccccc3C(F)(F)F)c(F)cc12)C(F)(F)F)C1CC1. The van der Waals surface area contributed by atoms with E-state index in [1.54, 1.807) is 4.72 Å². The Kier molecular flexibility index (Phi) is 5.90. The van der Waals surface area contributed by atoms with Gasteiger partial charge in [0.1, 0.15) is 11.9 Å². The topological polar surface area (TPSA) is 51.1 Å². The number of alkyl halides is 6. The Balaban J connectivity index is 1.69. The van der Waals surface area contributed by atoms with Crippen LogP contribution in [0.2, 0.25) is 0 Å². The third-order valence-electron chi connectivity index (χ3n) is 6.56. The molecule has 2 fully saturated rings. The maximum Gasteiger partial charge on any atom is 0.417 e. The molecule has 0 aliphatic heterocycles. The van der Waals surface area contributed by atoms with E-state index < -0.39 is 61.7 Å². The molecule has 0 bridgehead atoms. The summed E-state index contributed by atoms with van der Waals surface area (Å²) in [5.41, 5.74) is -2.30. The molecule has 0 spiro atoms. The minimum Gasteiger partial charge on any atom is -0.347 e. The summed E-state index contributed by atoms with van der Waals surface area (Å²) in [6.07, 6.45) is -6.51. The lowest BCUT2D eigenvalue weighted by molar-refractivity contribution is -0.152. The molecule has 3 aromatic rings. The summed E-state index contributed by atoms with van der Waals surface area (Å²) in [5, 5.41) is -1.12.